The fourth-order valence-electron chi connectivity index (χ4n) is 5.10. The van der Waals surface area contributed by atoms with Gasteiger partial charge in [0.05, 0.1) is 22.9 Å². The van der Waals surface area contributed by atoms with Crippen molar-refractivity contribution in [3.05, 3.63) is 52.3 Å². The van der Waals surface area contributed by atoms with Gasteiger partial charge in [-0.1, -0.05) is 0 Å². The van der Waals surface area contributed by atoms with Gasteiger partial charge in [0.15, 0.2) is 0 Å². The smallest absolute Gasteiger partial charge is 0.258 e. The lowest BCUT2D eigenvalue weighted by Crippen LogP contribution is -2.43. The molecular formula is C23H25N5O5. The maximum atomic E-state index is 13.5. The maximum absolute atomic E-state index is 13.5. The number of hydrogen-bond acceptors (Lipinski definition) is 6. The molecule has 0 saturated carbocycles. The van der Waals surface area contributed by atoms with Gasteiger partial charge in [0, 0.05) is 43.6 Å². The molecule has 0 bridgehead atoms. The van der Waals surface area contributed by atoms with Crippen LogP contribution in [0.25, 0.3) is 0 Å². The standard InChI is InChI=1S/C23H25N5O5/c1-13-18(11-25-27-13)19(29)24-10-15-9-23(4-6-33-7-5-23)12-28(15)22(32)14-2-3-16-17(8-14)21(31)26-20(16)30/h2-3,8,11,15H,4-7,9-10,12H2,1H3,(H,24,29)(H,25,27)(H,26,30,31). The summed E-state index contributed by atoms with van der Waals surface area (Å²) in [5.74, 6) is -1.40. The predicted octanol–water partition coefficient (Wildman–Crippen LogP) is 1.04. The van der Waals surface area contributed by atoms with Crippen LogP contribution in [-0.4, -0.2) is 71.1 Å². The molecule has 2 aromatic rings. The number of amides is 4. The van der Waals surface area contributed by atoms with Gasteiger partial charge in [0.2, 0.25) is 0 Å². The summed E-state index contributed by atoms with van der Waals surface area (Å²) in [5, 5.41) is 11.8. The summed E-state index contributed by atoms with van der Waals surface area (Å²) in [6.07, 6.45) is 3.95. The lowest BCUT2D eigenvalue weighted by molar-refractivity contribution is 0.0190. The van der Waals surface area contributed by atoms with Gasteiger partial charge in [-0.2, -0.15) is 5.10 Å². The van der Waals surface area contributed by atoms with Crippen LogP contribution in [0.3, 0.4) is 0 Å². The molecule has 2 saturated heterocycles. The largest absolute Gasteiger partial charge is 0.381 e. The molecule has 4 amide bonds. The lowest BCUT2D eigenvalue weighted by atomic mass is 9.78. The highest BCUT2D eigenvalue weighted by Crippen LogP contribution is 2.43. The number of H-pyrrole nitrogens is 1. The van der Waals surface area contributed by atoms with E-state index in [4.69, 9.17) is 4.74 Å². The molecule has 1 aromatic heterocycles. The maximum Gasteiger partial charge on any atom is 0.258 e. The summed E-state index contributed by atoms with van der Waals surface area (Å²) in [4.78, 5) is 51.9. The van der Waals surface area contributed by atoms with E-state index < -0.39 is 11.8 Å². The van der Waals surface area contributed by atoms with E-state index in [9.17, 15) is 19.2 Å². The Morgan fingerprint density at radius 3 is 2.70 bits per heavy atom. The van der Waals surface area contributed by atoms with Gasteiger partial charge in [-0.05, 0) is 49.8 Å². The number of hydrogen-bond donors (Lipinski definition) is 3. The second-order valence-corrected chi connectivity index (χ2v) is 9.07. The van der Waals surface area contributed by atoms with Gasteiger partial charge in [0.1, 0.15) is 0 Å². The zero-order chi connectivity index (χ0) is 23.2. The molecule has 3 N–H and O–H groups in total. The SMILES string of the molecule is Cc1[nH]ncc1C(=O)NCC1CC2(CCOCC2)CN1C(=O)c1ccc2c(c1)C(=O)NC2=O. The summed E-state index contributed by atoms with van der Waals surface area (Å²) in [6, 6.07) is 4.38. The number of nitrogens with one attached hydrogen (secondary N) is 3. The number of aryl methyl sites for hydroxylation is 1. The third kappa shape index (κ3) is 3.80. The number of benzene rings is 1. The lowest BCUT2D eigenvalue weighted by Gasteiger charge is -2.33. The van der Waals surface area contributed by atoms with Gasteiger partial charge < -0.3 is 15.0 Å². The molecule has 10 nitrogen and oxygen atoms in total. The number of carbonyl (C=O) groups excluding carboxylic acids is 4. The summed E-state index contributed by atoms with van der Waals surface area (Å²) in [7, 11) is 0. The second kappa shape index (κ2) is 8.11. The molecule has 3 aliphatic rings. The highest BCUT2D eigenvalue weighted by molar-refractivity contribution is 6.22. The zero-order valence-electron chi connectivity index (χ0n) is 18.3. The van der Waals surface area contributed by atoms with Crippen molar-refractivity contribution in [1.82, 2.24) is 25.7 Å². The Morgan fingerprint density at radius 1 is 1.21 bits per heavy atom. The number of fused-ring (bicyclic) bond motifs is 1. The van der Waals surface area contributed by atoms with E-state index in [1.165, 1.54) is 18.3 Å². The summed E-state index contributed by atoms with van der Waals surface area (Å²) in [5.41, 5.74) is 1.94. The first-order chi connectivity index (χ1) is 15.9. The van der Waals surface area contributed by atoms with Crippen molar-refractivity contribution in [2.45, 2.75) is 32.2 Å². The summed E-state index contributed by atoms with van der Waals surface area (Å²) in [6.45, 7) is 3.94. The van der Waals surface area contributed by atoms with Crippen LogP contribution in [0, 0.1) is 12.3 Å². The van der Waals surface area contributed by atoms with Crippen LogP contribution in [-0.2, 0) is 4.74 Å². The van der Waals surface area contributed by atoms with E-state index in [0.29, 0.717) is 43.1 Å². The summed E-state index contributed by atoms with van der Waals surface area (Å²) >= 11 is 0. The third-order valence-corrected chi connectivity index (χ3v) is 6.99. The summed E-state index contributed by atoms with van der Waals surface area (Å²) < 4.78 is 5.54. The van der Waals surface area contributed by atoms with Crippen molar-refractivity contribution in [1.29, 1.82) is 0 Å². The van der Waals surface area contributed by atoms with Crippen LogP contribution in [0.15, 0.2) is 24.4 Å². The van der Waals surface area contributed by atoms with Gasteiger partial charge in [-0.25, -0.2) is 0 Å². The number of rotatable bonds is 4. The van der Waals surface area contributed by atoms with E-state index in [1.807, 2.05) is 0 Å². The molecule has 0 aliphatic carbocycles. The first-order valence-corrected chi connectivity index (χ1v) is 11.0. The van der Waals surface area contributed by atoms with Crippen LogP contribution in [0.1, 0.15) is 66.4 Å². The minimum absolute atomic E-state index is 0.0566. The molecule has 1 spiro atoms. The van der Waals surface area contributed by atoms with E-state index in [0.717, 1.165) is 19.3 Å². The van der Waals surface area contributed by atoms with Crippen molar-refractivity contribution in [3.8, 4) is 0 Å². The van der Waals surface area contributed by atoms with Gasteiger partial charge in [0.25, 0.3) is 23.6 Å². The van der Waals surface area contributed by atoms with Crippen molar-refractivity contribution in [3.63, 3.8) is 0 Å². The Labute approximate surface area is 190 Å². The van der Waals surface area contributed by atoms with Crippen molar-refractivity contribution in [2.24, 2.45) is 5.41 Å². The quantitative estimate of drug-likeness (QED) is 0.595. The first kappa shape index (κ1) is 21.3. The molecule has 0 radical (unpaired) electrons. The molecular weight excluding hydrogens is 426 g/mol. The number of imide groups is 1. The number of ether oxygens (including phenoxy) is 1. The Morgan fingerprint density at radius 2 is 1.97 bits per heavy atom. The molecule has 172 valence electrons. The van der Waals surface area contributed by atoms with E-state index >= 15 is 0 Å². The normalized spacial score (nSPS) is 21.2. The Bertz CT molecular complexity index is 1150. The number of carbonyl (C=O) groups is 4. The van der Waals surface area contributed by atoms with Gasteiger partial charge >= 0.3 is 0 Å². The molecule has 1 atom stereocenters. The third-order valence-electron chi connectivity index (χ3n) is 6.99. The number of likely N-dealkylation sites (tertiary alicyclic amines) is 1. The molecule has 2 fully saturated rings. The fraction of sp³-hybridized carbons (Fsp3) is 0.435. The van der Waals surface area contributed by atoms with Crippen LogP contribution in [0.4, 0.5) is 0 Å². The zero-order valence-corrected chi connectivity index (χ0v) is 18.3. The van der Waals surface area contributed by atoms with Crippen LogP contribution < -0.4 is 10.6 Å². The molecule has 1 aromatic carbocycles. The minimum atomic E-state index is -0.494. The fourth-order valence-corrected chi connectivity index (χ4v) is 5.10. The Kier molecular flexibility index (Phi) is 5.24. The monoisotopic (exact) mass is 451 g/mol. The van der Waals surface area contributed by atoms with Gasteiger partial charge in [-0.3, -0.25) is 29.6 Å². The minimum Gasteiger partial charge on any atom is -0.381 e. The number of aromatic amines is 1. The highest BCUT2D eigenvalue weighted by atomic mass is 16.5. The van der Waals surface area contributed by atoms with Gasteiger partial charge in [-0.15, -0.1) is 0 Å². The molecule has 5 rings (SSSR count). The Balaban J connectivity index is 1.38. The van der Waals surface area contributed by atoms with Crippen LogP contribution in [0.2, 0.25) is 0 Å². The molecule has 33 heavy (non-hydrogen) atoms. The Hall–Kier alpha value is -3.53. The topological polar surface area (TPSA) is 133 Å². The van der Waals surface area contributed by atoms with E-state index in [-0.39, 0.29) is 34.4 Å². The second-order valence-electron chi connectivity index (χ2n) is 9.07. The van der Waals surface area contributed by atoms with E-state index in [1.54, 1.807) is 17.9 Å². The van der Waals surface area contributed by atoms with Crippen molar-refractivity contribution in [2.75, 3.05) is 26.3 Å². The first-order valence-electron chi connectivity index (χ1n) is 11.0. The van der Waals surface area contributed by atoms with Crippen LogP contribution in [0.5, 0.6) is 0 Å². The van der Waals surface area contributed by atoms with Crippen molar-refractivity contribution < 1.29 is 23.9 Å². The molecule has 3 aliphatic heterocycles. The predicted molar refractivity (Wildman–Crippen MR) is 116 cm³/mol. The molecule has 1 unspecified atom stereocenters. The highest BCUT2D eigenvalue weighted by Gasteiger charge is 2.46. The molecule has 4 heterocycles. The van der Waals surface area contributed by atoms with E-state index in [2.05, 4.69) is 20.8 Å². The molecule has 10 heteroatoms. The average molecular weight is 451 g/mol. The van der Waals surface area contributed by atoms with Crippen LogP contribution >= 0.6 is 0 Å². The number of aromatic nitrogens is 2. The number of nitrogens with zero attached hydrogens (tertiary/aromatic N) is 2. The van der Waals surface area contributed by atoms with Crippen molar-refractivity contribution >= 4 is 23.6 Å². The average Bonchev–Trinajstić information content (AvgIpc) is 3.48.